The number of nitrogens with one attached hydrogen (secondary N) is 1. The Hall–Kier alpha value is -2.93. The highest BCUT2D eigenvalue weighted by atomic mass is 32.2. The molecule has 1 aliphatic carbocycles. The van der Waals surface area contributed by atoms with Gasteiger partial charge in [-0.15, -0.1) is 11.8 Å². The van der Waals surface area contributed by atoms with Crippen molar-refractivity contribution >= 4 is 29.7 Å². The highest BCUT2D eigenvalue weighted by Crippen LogP contribution is 2.43. The van der Waals surface area contributed by atoms with E-state index in [4.69, 9.17) is 9.47 Å². The molecule has 1 saturated heterocycles. The number of fused-ring (bicyclic) bond motifs is 1. The lowest BCUT2D eigenvalue weighted by molar-refractivity contribution is -0.132. The molecule has 6 nitrogen and oxygen atoms in total. The first-order valence-electron chi connectivity index (χ1n) is 11.2. The second-order valence-electron chi connectivity index (χ2n) is 8.46. The van der Waals surface area contributed by atoms with Gasteiger partial charge in [-0.25, -0.2) is 0 Å². The summed E-state index contributed by atoms with van der Waals surface area (Å²) >= 11 is 1.65. The van der Waals surface area contributed by atoms with Gasteiger partial charge in [-0.1, -0.05) is 30.3 Å². The van der Waals surface area contributed by atoms with Crippen molar-refractivity contribution in [1.82, 2.24) is 10.2 Å². The van der Waals surface area contributed by atoms with Gasteiger partial charge in [0.05, 0.1) is 19.1 Å². The number of carbonyl (C=O) groups excluding carboxylic acids is 2. The van der Waals surface area contributed by atoms with Gasteiger partial charge in [-0.05, 0) is 49.1 Å². The second kappa shape index (κ2) is 10.3. The number of benzene rings is 2. The summed E-state index contributed by atoms with van der Waals surface area (Å²) in [6, 6.07) is 15.5. The fraction of sp³-hybridized carbons (Fsp3) is 0.385. The van der Waals surface area contributed by atoms with Crippen LogP contribution in [0.3, 0.4) is 0 Å². The van der Waals surface area contributed by atoms with Crippen molar-refractivity contribution in [1.29, 1.82) is 0 Å². The Bertz CT molecular complexity index is 1050. The molecule has 2 aromatic carbocycles. The predicted octanol–water partition coefficient (Wildman–Crippen LogP) is 4.10. The minimum atomic E-state index is -0.0966. The largest absolute Gasteiger partial charge is 0.497 e. The lowest BCUT2D eigenvalue weighted by atomic mass is 9.83. The van der Waals surface area contributed by atoms with Crippen LogP contribution in [0, 0.1) is 5.92 Å². The molecule has 1 heterocycles. The molecule has 0 spiro atoms. The van der Waals surface area contributed by atoms with Crippen LogP contribution in [0.1, 0.15) is 30.4 Å². The van der Waals surface area contributed by atoms with E-state index in [9.17, 15) is 9.59 Å². The number of rotatable bonds is 6. The highest BCUT2D eigenvalue weighted by Gasteiger charge is 2.42. The van der Waals surface area contributed by atoms with Crippen LogP contribution >= 0.6 is 11.8 Å². The molecular formula is C26H30N2O4S. The smallest absolute Gasteiger partial charge is 0.260 e. The van der Waals surface area contributed by atoms with E-state index in [-0.39, 0.29) is 23.8 Å². The molecule has 4 rings (SSSR count). The first-order chi connectivity index (χ1) is 16.0. The van der Waals surface area contributed by atoms with E-state index in [2.05, 4.69) is 5.32 Å². The van der Waals surface area contributed by atoms with Crippen molar-refractivity contribution in [3.8, 4) is 11.5 Å². The minimum absolute atomic E-state index is 0.0131. The van der Waals surface area contributed by atoms with E-state index >= 15 is 0 Å². The molecular weight excluding hydrogens is 436 g/mol. The van der Waals surface area contributed by atoms with Crippen molar-refractivity contribution in [2.45, 2.75) is 37.1 Å². The van der Waals surface area contributed by atoms with Crippen LogP contribution in [-0.4, -0.2) is 49.3 Å². The molecule has 174 valence electrons. The molecule has 2 amide bonds. The third-order valence-electron chi connectivity index (χ3n) is 6.47. The lowest BCUT2D eigenvalue weighted by Crippen LogP contribution is -2.52. The van der Waals surface area contributed by atoms with Crippen molar-refractivity contribution in [3.63, 3.8) is 0 Å². The topological polar surface area (TPSA) is 67.9 Å². The molecule has 1 saturated carbocycles. The molecule has 2 fully saturated rings. The maximum absolute atomic E-state index is 13.1. The van der Waals surface area contributed by atoms with Crippen LogP contribution in [0.4, 0.5) is 0 Å². The maximum Gasteiger partial charge on any atom is 0.260 e. The quantitative estimate of drug-likeness (QED) is 0.649. The number of amides is 2. The van der Waals surface area contributed by atoms with Crippen LogP contribution in [0.2, 0.25) is 0 Å². The summed E-state index contributed by atoms with van der Waals surface area (Å²) in [5.41, 5.74) is 1.90. The SMILES string of the molecule is COc1cccc(/C=C2\SC3CCC(C(=O)NCc4ccccc4OC)CC3N(C)C2=O)c1. The van der Waals surface area contributed by atoms with Gasteiger partial charge in [0.25, 0.3) is 5.91 Å². The summed E-state index contributed by atoms with van der Waals surface area (Å²) in [6.07, 6.45) is 4.34. The van der Waals surface area contributed by atoms with Gasteiger partial charge in [0.1, 0.15) is 11.5 Å². The first kappa shape index (κ1) is 23.2. The van der Waals surface area contributed by atoms with Crippen LogP contribution in [0.25, 0.3) is 6.08 Å². The summed E-state index contributed by atoms with van der Waals surface area (Å²) < 4.78 is 10.7. The van der Waals surface area contributed by atoms with Gasteiger partial charge in [-0.3, -0.25) is 9.59 Å². The molecule has 3 atom stereocenters. The van der Waals surface area contributed by atoms with Crippen molar-refractivity contribution in [3.05, 3.63) is 64.6 Å². The van der Waals surface area contributed by atoms with Crippen LogP contribution < -0.4 is 14.8 Å². The number of carbonyl (C=O) groups is 2. The zero-order valence-electron chi connectivity index (χ0n) is 19.2. The molecule has 0 bridgehead atoms. The third kappa shape index (κ3) is 5.19. The first-order valence-corrected chi connectivity index (χ1v) is 12.1. The van der Waals surface area contributed by atoms with Crippen LogP contribution in [0.5, 0.6) is 11.5 Å². The fourth-order valence-corrected chi connectivity index (χ4v) is 6.07. The molecule has 33 heavy (non-hydrogen) atoms. The molecule has 2 aromatic rings. The van der Waals surface area contributed by atoms with Crippen LogP contribution in [-0.2, 0) is 16.1 Å². The van der Waals surface area contributed by atoms with E-state index in [0.29, 0.717) is 18.2 Å². The van der Waals surface area contributed by atoms with Gasteiger partial charge in [0.15, 0.2) is 0 Å². The molecule has 2 aliphatic rings. The van der Waals surface area contributed by atoms with E-state index in [0.717, 1.165) is 40.4 Å². The number of likely N-dealkylation sites (N-methyl/N-ethyl adjacent to an activating group) is 1. The molecule has 1 N–H and O–H groups in total. The zero-order chi connectivity index (χ0) is 23.4. The molecule has 1 aliphatic heterocycles. The Kier molecular flexibility index (Phi) is 7.28. The average Bonchev–Trinajstić information content (AvgIpc) is 2.85. The highest BCUT2D eigenvalue weighted by molar-refractivity contribution is 8.04. The summed E-state index contributed by atoms with van der Waals surface area (Å²) in [7, 11) is 5.12. The Labute approximate surface area is 199 Å². The number of methoxy groups -OCH3 is 2. The minimum Gasteiger partial charge on any atom is -0.497 e. The van der Waals surface area contributed by atoms with Crippen molar-refractivity contribution < 1.29 is 19.1 Å². The Morgan fingerprint density at radius 3 is 2.76 bits per heavy atom. The van der Waals surface area contributed by atoms with Gasteiger partial charge >= 0.3 is 0 Å². The monoisotopic (exact) mass is 466 g/mol. The normalized spacial score (nSPS) is 23.7. The summed E-state index contributed by atoms with van der Waals surface area (Å²) in [5, 5.41) is 3.36. The number of nitrogens with zero attached hydrogens (tertiary/aromatic N) is 1. The van der Waals surface area contributed by atoms with Gasteiger partial charge in [0, 0.05) is 36.4 Å². The lowest BCUT2D eigenvalue weighted by Gasteiger charge is -2.44. The Balaban J connectivity index is 1.40. The predicted molar refractivity (Wildman–Crippen MR) is 131 cm³/mol. The van der Waals surface area contributed by atoms with E-state index in [1.54, 1.807) is 26.0 Å². The number of ether oxygens (including phenoxy) is 2. The van der Waals surface area contributed by atoms with Gasteiger partial charge < -0.3 is 19.7 Å². The summed E-state index contributed by atoms with van der Waals surface area (Å²) in [4.78, 5) is 28.6. The summed E-state index contributed by atoms with van der Waals surface area (Å²) in [5.74, 6) is 1.50. The molecule has 0 radical (unpaired) electrons. The van der Waals surface area contributed by atoms with E-state index < -0.39 is 0 Å². The standard InChI is InChI=1S/C26H30N2O4S/c1-28-21-15-18(25(29)27-16-19-8-4-5-10-22(19)32-3)11-12-23(21)33-24(26(28)30)14-17-7-6-9-20(13-17)31-2/h4-10,13-14,18,21,23H,11-12,15-16H2,1-3H3,(H,27,29)/b24-14-. The number of thioether (sulfide) groups is 1. The van der Waals surface area contributed by atoms with Crippen molar-refractivity contribution in [2.75, 3.05) is 21.3 Å². The summed E-state index contributed by atoms with van der Waals surface area (Å²) in [6.45, 7) is 0.435. The van der Waals surface area contributed by atoms with Gasteiger partial charge in [0.2, 0.25) is 5.91 Å². The van der Waals surface area contributed by atoms with Gasteiger partial charge in [-0.2, -0.15) is 0 Å². The van der Waals surface area contributed by atoms with Crippen LogP contribution in [0.15, 0.2) is 53.4 Å². The number of hydrogen-bond acceptors (Lipinski definition) is 5. The van der Waals surface area contributed by atoms with E-state index in [1.807, 2.05) is 66.6 Å². The third-order valence-corrected chi connectivity index (χ3v) is 7.87. The second-order valence-corrected chi connectivity index (χ2v) is 9.75. The Morgan fingerprint density at radius 2 is 1.97 bits per heavy atom. The molecule has 3 unspecified atom stereocenters. The average molecular weight is 467 g/mol. The number of para-hydroxylation sites is 1. The number of hydrogen-bond donors (Lipinski definition) is 1. The fourth-order valence-electron chi connectivity index (χ4n) is 4.59. The van der Waals surface area contributed by atoms with Crippen molar-refractivity contribution in [2.24, 2.45) is 5.92 Å². The molecule has 7 heteroatoms. The maximum atomic E-state index is 13.1. The molecule has 0 aromatic heterocycles. The van der Waals surface area contributed by atoms with E-state index in [1.165, 1.54) is 0 Å². The zero-order valence-corrected chi connectivity index (χ0v) is 20.1. The Morgan fingerprint density at radius 1 is 1.15 bits per heavy atom.